The fraction of sp³-hybridized carbons (Fsp3) is 0.267. The number of nitrogens with zero attached hydrogens (tertiary/aromatic N) is 2. The van der Waals surface area contributed by atoms with E-state index in [-0.39, 0.29) is 22.8 Å². The average molecular weight is 320 g/mol. The van der Waals surface area contributed by atoms with Crippen molar-refractivity contribution in [2.45, 2.75) is 24.7 Å². The lowest BCUT2D eigenvalue weighted by molar-refractivity contribution is 0.0974. The number of ketones is 1. The van der Waals surface area contributed by atoms with Gasteiger partial charge in [-0.3, -0.25) is 9.59 Å². The topological polar surface area (TPSA) is 86.1 Å². The molecular formula is C15H16N2O4S. The molecule has 1 heterocycles. The van der Waals surface area contributed by atoms with Gasteiger partial charge in [-0.1, -0.05) is 13.0 Å². The Morgan fingerprint density at radius 3 is 2.64 bits per heavy atom. The summed E-state index contributed by atoms with van der Waals surface area (Å²) < 4.78 is 24.5. The van der Waals surface area contributed by atoms with E-state index in [1.807, 2.05) is 6.92 Å². The Labute approximate surface area is 128 Å². The first-order valence-electron chi connectivity index (χ1n) is 6.76. The van der Waals surface area contributed by atoms with Crippen LogP contribution in [0.25, 0.3) is 5.69 Å². The van der Waals surface area contributed by atoms with Crippen molar-refractivity contribution < 1.29 is 13.2 Å². The molecule has 7 heteroatoms. The largest absolute Gasteiger partial charge is 0.292 e. The summed E-state index contributed by atoms with van der Waals surface area (Å²) in [6.45, 7) is 1.84. The zero-order valence-electron chi connectivity index (χ0n) is 12.3. The van der Waals surface area contributed by atoms with Crippen molar-refractivity contribution in [3.63, 3.8) is 0 Å². The summed E-state index contributed by atoms with van der Waals surface area (Å²) in [5, 5.41) is 4.04. The molecule has 0 aliphatic carbocycles. The molecule has 0 fully saturated rings. The highest BCUT2D eigenvalue weighted by atomic mass is 32.2. The van der Waals surface area contributed by atoms with Crippen LogP contribution in [0.2, 0.25) is 0 Å². The highest BCUT2D eigenvalue weighted by Gasteiger charge is 2.13. The molecule has 22 heavy (non-hydrogen) atoms. The fourth-order valence-electron chi connectivity index (χ4n) is 1.95. The maximum atomic E-state index is 11.9. The van der Waals surface area contributed by atoms with Crippen molar-refractivity contribution in [1.29, 1.82) is 0 Å². The average Bonchev–Trinajstić information content (AvgIpc) is 2.47. The van der Waals surface area contributed by atoms with Crippen LogP contribution in [0.15, 0.2) is 46.2 Å². The predicted molar refractivity (Wildman–Crippen MR) is 82.2 cm³/mol. The van der Waals surface area contributed by atoms with Crippen molar-refractivity contribution in [2.24, 2.45) is 0 Å². The van der Waals surface area contributed by atoms with E-state index in [0.717, 1.165) is 6.26 Å². The number of carbonyl (C=O) groups excluding carboxylic acids is 1. The number of carbonyl (C=O) groups is 1. The van der Waals surface area contributed by atoms with E-state index < -0.39 is 15.3 Å². The number of hydrogen-bond donors (Lipinski definition) is 0. The number of aromatic nitrogens is 2. The van der Waals surface area contributed by atoms with Crippen molar-refractivity contribution in [1.82, 2.24) is 9.78 Å². The lowest BCUT2D eigenvalue weighted by Crippen LogP contribution is -2.20. The third-order valence-electron chi connectivity index (χ3n) is 3.06. The molecule has 1 aromatic heterocycles. The quantitative estimate of drug-likeness (QED) is 0.781. The van der Waals surface area contributed by atoms with E-state index in [4.69, 9.17) is 0 Å². The van der Waals surface area contributed by atoms with E-state index in [9.17, 15) is 18.0 Å². The molecule has 0 spiro atoms. The number of benzene rings is 1. The third-order valence-corrected chi connectivity index (χ3v) is 4.17. The van der Waals surface area contributed by atoms with Gasteiger partial charge in [-0.05, 0) is 24.6 Å². The fourth-order valence-corrected chi connectivity index (χ4v) is 2.61. The molecule has 116 valence electrons. The standard InChI is InChI=1S/C15H16N2O4S/c1-3-5-13(18)15-14(19)8-9-17(16-15)11-6-4-7-12(10-11)22(2,20)21/h4,6-10H,3,5H2,1-2H3. The minimum atomic E-state index is -3.35. The zero-order valence-corrected chi connectivity index (χ0v) is 13.1. The molecule has 1 aromatic carbocycles. The Hall–Kier alpha value is -2.28. The third kappa shape index (κ3) is 3.48. The van der Waals surface area contributed by atoms with Gasteiger partial charge < -0.3 is 0 Å². The summed E-state index contributed by atoms with van der Waals surface area (Å²) in [7, 11) is -3.35. The summed E-state index contributed by atoms with van der Waals surface area (Å²) in [5.41, 5.74) is -0.100. The monoisotopic (exact) mass is 320 g/mol. The highest BCUT2D eigenvalue weighted by Crippen LogP contribution is 2.14. The van der Waals surface area contributed by atoms with Crippen LogP contribution >= 0.6 is 0 Å². The molecular weight excluding hydrogens is 304 g/mol. The Balaban J connectivity index is 2.53. The first-order chi connectivity index (χ1) is 10.3. The van der Waals surface area contributed by atoms with Crippen LogP contribution in [-0.4, -0.2) is 30.2 Å². The lowest BCUT2D eigenvalue weighted by Gasteiger charge is -2.08. The van der Waals surface area contributed by atoms with E-state index in [1.54, 1.807) is 12.1 Å². The molecule has 0 N–H and O–H groups in total. The van der Waals surface area contributed by atoms with Crippen LogP contribution in [0.3, 0.4) is 0 Å². The van der Waals surface area contributed by atoms with Gasteiger partial charge in [0.1, 0.15) is 0 Å². The molecule has 0 unspecified atom stereocenters. The SMILES string of the molecule is CCCC(=O)c1nn(-c2cccc(S(C)(=O)=O)c2)ccc1=O. The van der Waals surface area contributed by atoms with E-state index in [2.05, 4.69) is 5.10 Å². The maximum Gasteiger partial charge on any atom is 0.211 e. The van der Waals surface area contributed by atoms with Crippen LogP contribution in [0.5, 0.6) is 0 Å². The van der Waals surface area contributed by atoms with Crippen molar-refractivity contribution in [3.8, 4) is 5.69 Å². The summed E-state index contributed by atoms with van der Waals surface area (Å²) in [6.07, 6.45) is 3.39. The van der Waals surface area contributed by atoms with Crippen molar-refractivity contribution >= 4 is 15.6 Å². The lowest BCUT2D eigenvalue weighted by atomic mass is 10.2. The number of sulfone groups is 1. The summed E-state index contributed by atoms with van der Waals surface area (Å²) in [6, 6.07) is 7.41. The van der Waals surface area contributed by atoms with Gasteiger partial charge >= 0.3 is 0 Å². The van der Waals surface area contributed by atoms with E-state index in [0.29, 0.717) is 12.1 Å². The minimum absolute atomic E-state index is 0.130. The van der Waals surface area contributed by atoms with Crippen LogP contribution in [0.4, 0.5) is 0 Å². The molecule has 2 aromatic rings. The van der Waals surface area contributed by atoms with Gasteiger partial charge in [0.2, 0.25) is 5.43 Å². The van der Waals surface area contributed by atoms with Gasteiger partial charge in [0.05, 0.1) is 10.6 Å². The zero-order chi connectivity index (χ0) is 16.3. The van der Waals surface area contributed by atoms with Crippen LogP contribution < -0.4 is 5.43 Å². The first-order valence-corrected chi connectivity index (χ1v) is 8.65. The molecule has 0 aliphatic heterocycles. The van der Waals surface area contributed by atoms with Gasteiger partial charge in [0.15, 0.2) is 21.3 Å². The normalized spacial score (nSPS) is 11.4. The number of hydrogen-bond acceptors (Lipinski definition) is 5. The van der Waals surface area contributed by atoms with Crippen LogP contribution in [0.1, 0.15) is 30.3 Å². The Morgan fingerprint density at radius 1 is 1.27 bits per heavy atom. The Morgan fingerprint density at radius 2 is 2.00 bits per heavy atom. The van der Waals surface area contributed by atoms with E-state index in [1.165, 1.54) is 29.1 Å². The molecule has 0 bridgehead atoms. The molecule has 0 amide bonds. The molecule has 0 aliphatic rings. The molecule has 0 radical (unpaired) electrons. The van der Waals surface area contributed by atoms with Gasteiger partial charge in [-0.25, -0.2) is 13.1 Å². The second kappa shape index (κ2) is 6.23. The van der Waals surface area contributed by atoms with Crippen LogP contribution in [0, 0.1) is 0 Å². The first kappa shape index (κ1) is 16.1. The number of Topliss-reactive ketones (excluding diaryl/α,β-unsaturated/α-hetero) is 1. The molecule has 2 rings (SSSR count). The second-order valence-electron chi connectivity index (χ2n) is 4.92. The maximum absolute atomic E-state index is 11.9. The molecule has 0 saturated carbocycles. The van der Waals surface area contributed by atoms with Crippen LogP contribution in [-0.2, 0) is 9.84 Å². The van der Waals surface area contributed by atoms with Gasteiger partial charge in [-0.15, -0.1) is 0 Å². The van der Waals surface area contributed by atoms with Crippen molar-refractivity contribution in [2.75, 3.05) is 6.26 Å². The minimum Gasteiger partial charge on any atom is -0.292 e. The molecule has 0 saturated heterocycles. The smallest absolute Gasteiger partial charge is 0.211 e. The van der Waals surface area contributed by atoms with Gasteiger partial charge in [0, 0.05) is 24.9 Å². The van der Waals surface area contributed by atoms with Gasteiger partial charge in [0.25, 0.3) is 0 Å². The number of rotatable bonds is 5. The van der Waals surface area contributed by atoms with Crippen molar-refractivity contribution in [3.05, 3.63) is 52.4 Å². The van der Waals surface area contributed by atoms with Gasteiger partial charge in [-0.2, -0.15) is 5.10 Å². The highest BCUT2D eigenvalue weighted by molar-refractivity contribution is 7.90. The van der Waals surface area contributed by atoms with E-state index >= 15 is 0 Å². The molecule has 6 nitrogen and oxygen atoms in total. The second-order valence-corrected chi connectivity index (χ2v) is 6.93. The molecule has 0 atom stereocenters. The summed E-state index contributed by atoms with van der Waals surface area (Å²) in [4.78, 5) is 23.8. The predicted octanol–water partition coefficient (Wildman–Crippen LogP) is 1.62. The summed E-state index contributed by atoms with van der Waals surface area (Å²) >= 11 is 0. The Bertz CT molecular complexity index is 869. The Kier molecular flexibility index (Phi) is 4.56. The summed E-state index contributed by atoms with van der Waals surface area (Å²) in [5.74, 6) is -0.318.